The molecule has 0 saturated heterocycles. The van der Waals surface area contributed by atoms with Gasteiger partial charge >= 0.3 is 0 Å². The zero-order valence-electron chi connectivity index (χ0n) is 13.6. The van der Waals surface area contributed by atoms with Crippen molar-refractivity contribution in [1.29, 1.82) is 0 Å². The van der Waals surface area contributed by atoms with Crippen LogP contribution >= 0.6 is 0 Å². The summed E-state index contributed by atoms with van der Waals surface area (Å²) in [6.07, 6.45) is 0.785. The van der Waals surface area contributed by atoms with E-state index >= 15 is 0 Å². The fourth-order valence-electron chi connectivity index (χ4n) is 2.31. The fraction of sp³-hybridized carbons (Fsp3) is 0.933. The van der Waals surface area contributed by atoms with Crippen LogP contribution in [0.25, 0.3) is 0 Å². The van der Waals surface area contributed by atoms with Gasteiger partial charge in [-0.2, -0.15) is 0 Å². The molecule has 0 aromatic carbocycles. The monoisotopic (exact) mass is 271 g/mol. The minimum absolute atomic E-state index is 0.221. The average molecular weight is 271 g/mol. The Morgan fingerprint density at radius 1 is 1.05 bits per heavy atom. The van der Waals surface area contributed by atoms with Crippen molar-refractivity contribution in [3.05, 3.63) is 0 Å². The smallest absolute Gasteiger partial charge is 0.234 e. The molecule has 0 saturated carbocycles. The summed E-state index contributed by atoms with van der Waals surface area (Å²) < 4.78 is 0. The highest BCUT2D eigenvalue weighted by molar-refractivity contribution is 5.79. The molecular weight excluding hydrogens is 238 g/mol. The Morgan fingerprint density at radius 2 is 1.53 bits per heavy atom. The Bertz CT molecular complexity index is 242. The first-order valence-corrected chi connectivity index (χ1v) is 7.50. The third-order valence-electron chi connectivity index (χ3n) is 2.86. The normalized spacial score (nSPS) is 13.8. The number of nitrogens with two attached hydrogens (primary N) is 1. The van der Waals surface area contributed by atoms with Crippen molar-refractivity contribution in [2.75, 3.05) is 19.6 Å². The van der Waals surface area contributed by atoms with E-state index in [0.717, 1.165) is 26.1 Å². The van der Waals surface area contributed by atoms with Crippen molar-refractivity contribution >= 4 is 5.91 Å². The van der Waals surface area contributed by atoms with Crippen LogP contribution in [0.15, 0.2) is 0 Å². The molecule has 0 aromatic rings. The third kappa shape index (κ3) is 9.91. The largest absolute Gasteiger partial charge is 0.368 e. The Kier molecular flexibility index (Phi) is 9.02. The van der Waals surface area contributed by atoms with Crippen LogP contribution < -0.4 is 11.1 Å². The van der Waals surface area contributed by atoms with E-state index in [9.17, 15) is 4.79 Å². The zero-order chi connectivity index (χ0) is 15.0. The summed E-state index contributed by atoms with van der Waals surface area (Å²) in [4.78, 5) is 13.9. The van der Waals surface area contributed by atoms with Gasteiger partial charge in [-0.05, 0) is 18.3 Å². The molecule has 0 rings (SSSR count). The number of carbonyl (C=O) groups is 1. The molecule has 19 heavy (non-hydrogen) atoms. The van der Waals surface area contributed by atoms with E-state index in [4.69, 9.17) is 5.73 Å². The van der Waals surface area contributed by atoms with Gasteiger partial charge in [-0.3, -0.25) is 4.79 Å². The molecule has 1 atom stereocenters. The first kappa shape index (κ1) is 18.4. The van der Waals surface area contributed by atoms with E-state index in [0.29, 0.717) is 11.8 Å². The van der Waals surface area contributed by atoms with Gasteiger partial charge in [-0.1, -0.05) is 41.5 Å². The second-order valence-electron chi connectivity index (χ2n) is 6.61. The first-order valence-electron chi connectivity index (χ1n) is 7.50. The van der Waals surface area contributed by atoms with Crippen LogP contribution in [0.3, 0.4) is 0 Å². The maximum atomic E-state index is 11.4. The number of amides is 1. The molecule has 0 aliphatic heterocycles. The van der Waals surface area contributed by atoms with Crippen molar-refractivity contribution in [1.82, 2.24) is 10.2 Å². The second-order valence-corrected chi connectivity index (χ2v) is 6.61. The third-order valence-corrected chi connectivity index (χ3v) is 2.86. The summed E-state index contributed by atoms with van der Waals surface area (Å²) in [5.41, 5.74) is 5.45. The predicted octanol–water partition coefficient (Wildman–Crippen LogP) is 1.84. The molecule has 0 fully saturated rings. The first-order chi connectivity index (χ1) is 8.72. The molecule has 3 N–H and O–H groups in total. The molecule has 0 radical (unpaired) electrons. The number of rotatable bonds is 10. The topological polar surface area (TPSA) is 58.4 Å². The molecule has 1 unspecified atom stereocenters. The minimum atomic E-state index is -0.247. The maximum absolute atomic E-state index is 11.4. The quantitative estimate of drug-likeness (QED) is 0.637. The van der Waals surface area contributed by atoms with E-state index in [-0.39, 0.29) is 18.0 Å². The van der Waals surface area contributed by atoms with Crippen LogP contribution in [-0.4, -0.2) is 42.5 Å². The van der Waals surface area contributed by atoms with Crippen LogP contribution in [-0.2, 0) is 4.79 Å². The van der Waals surface area contributed by atoms with Crippen molar-refractivity contribution in [3.8, 4) is 0 Å². The molecule has 114 valence electrons. The van der Waals surface area contributed by atoms with Gasteiger partial charge in [0.25, 0.3) is 0 Å². The lowest BCUT2D eigenvalue weighted by Gasteiger charge is -2.28. The summed E-state index contributed by atoms with van der Waals surface area (Å²) in [5, 5.41) is 3.24. The zero-order valence-corrected chi connectivity index (χ0v) is 13.6. The van der Waals surface area contributed by atoms with Gasteiger partial charge < -0.3 is 16.0 Å². The lowest BCUT2D eigenvalue weighted by atomic mass is 10.1. The fourth-order valence-corrected chi connectivity index (χ4v) is 2.31. The number of carbonyl (C=O) groups excluding carboxylic acids is 1. The summed E-state index contributed by atoms with van der Waals surface area (Å²) >= 11 is 0. The van der Waals surface area contributed by atoms with Gasteiger partial charge in [-0.15, -0.1) is 0 Å². The van der Waals surface area contributed by atoms with E-state index in [2.05, 4.69) is 37.9 Å². The van der Waals surface area contributed by atoms with E-state index in [1.54, 1.807) is 0 Å². The molecule has 0 spiro atoms. The highest BCUT2D eigenvalue weighted by atomic mass is 16.1. The summed E-state index contributed by atoms with van der Waals surface area (Å²) in [7, 11) is 0. The van der Waals surface area contributed by atoms with Crippen molar-refractivity contribution in [2.45, 2.75) is 60.0 Å². The highest BCUT2D eigenvalue weighted by Crippen LogP contribution is 2.06. The van der Waals surface area contributed by atoms with Crippen molar-refractivity contribution < 1.29 is 4.79 Å². The number of hydrogen-bond acceptors (Lipinski definition) is 3. The Morgan fingerprint density at radius 3 is 1.84 bits per heavy atom. The second kappa shape index (κ2) is 9.32. The van der Waals surface area contributed by atoms with Crippen LogP contribution in [0.1, 0.15) is 48.0 Å². The Hall–Kier alpha value is -0.610. The van der Waals surface area contributed by atoms with Gasteiger partial charge in [0.15, 0.2) is 0 Å². The Balaban J connectivity index is 4.35. The summed E-state index contributed by atoms with van der Waals surface area (Å²) in [6, 6.07) is 0.0583. The van der Waals surface area contributed by atoms with Crippen LogP contribution in [0.5, 0.6) is 0 Å². The number of nitrogens with zero attached hydrogens (tertiary/aromatic N) is 1. The van der Waals surface area contributed by atoms with Crippen molar-refractivity contribution in [2.24, 2.45) is 17.6 Å². The molecular formula is C15H33N3O. The number of nitrogens with one attached hydrogen (secondary N) is 1. The van der Waals surface area contributed by atoms with Crippen LogP contribution in [0, 0.1) is 11.8 Å². The highest BCUT2D eigenvalue weighted by Gasteiger charge is 2.18. The molecule has 4 nitrogen and oxygen atoms in total. The predicted molar refractivity (Wildman–Crippen MR) is 82.0 cm³/mol. The van der Waals surface area contributed by atoms with E-state index in [1.807, 2.05) is 13.8 Å². The summed E-state index contributed by atoms with van der Waals surface area (Å²) in [5.74, 6) is 1.04. The minimum Gasteiger partial charge on any atom is -0.368 e. The van der Waals surface area contributed by atoms with E-state index < -0.39 is 0 Å². The molecule has 0 aromatic heterocycles. The summed E-state index contributed by atoms with van der Waals surface area (Å²) in [6.45, 7) is 16.1. The van der Waals surface area contributed by atoms with Gasteiger partial charge in [0, 0.05) is 25.7 Å². The van der Waals surface area contributed by atoms with Crippen LogP contribution in [0.4, 0.5) is 0 Å². The average Bonchev–Trinajstić information content (AvgIpc) is 2.21. The lowest BCUT2D eigenvalue weighted by molar-refractivity contribution is -0.120. The lowest BCUT2D eigenvalue weighted by Crippen LogP contribution is -2.46. The van der Waals surface area contributed by atoms with Gasteiger partial charge in [-0.25, -0.2) is 0 Å². The maximum Gasteiger partial charge on any atom is 0.234 e. The molecule has 0 aliphatic carbocycles. The molecule has 4 heteroatoms. The Labute approximate surface area is 119 Å². The van der Waals surface area contributed by atoms with Crippen LogP contribution in [0.2, 0.25) is 0 Å². The van der Waals surface area contributed by atoms with Gasteiger partial charge in [0.05, 0.1) is 6.04 Å². The number of primary amides is 1. The number of hydrogen-bond donors (Lipinski definition) is 2. The van der Waals surface area contributed by atoms with Gasteiger partial charge in [0.1, 0.15) is 0 Å². The van der Waals surface area contributed by atoms with E-state index in [1.165, 1.54) is 0 Å². The standard InChI is InChI=1S/C15H33N3O/c1-11(2)9-18(10-12(3)4)8-7-14(15(16)19)17-13(5)6/h11-14,17H,7-10H2,1-6H3,(H2,16,19). The van der Waals surface area contributed by atoms with Crippen molar-refractivity contribution in [3.63, 3.8) is 0 Å². The van der Waals surface area contributed by atoms with Gasteiger partial charge in [0.2, 0.25) is 5.91 Å². The molecule has 0 bridgehead atoms. The molecule has 0 heterocycles. The molecule has 1 amide bonds. The molecule has 0 aliphatic rings. The SMILES string of the molecule is CC(C)CN(CCC(NC(C)C)C(N)=O)CC(C)C.